The highest BCUT2D eigenvalue weighted by Gasteiger charge is 2.24. The molecule has 2 aromatic rings. The summed E-state index contributed by atoms with van der Waals surface area (Å²) in [4.78, 5) is 15.2. The average Bonchev–Trinajstić information content (AvgIpc) is 2.74. The lowest BCUT2D eigenvalue weighted by atomic mass is 10.0. The standard InChI is InChI=1S/C23H29FN2O3/c1-17(2)21(26-11-13-28-14-12-26)15-25-23(27)20-5-3-4-6-22(20)29-16-18-7-9-19(24)10-8-18/h3-10,17,21H,11-16H2,1-2H3,(H,25,27). The molecule has 29 heavy (non-hydrogen) atoms. The molecule has 1 amide bonds. The molecule has 5 nitrogen and oxygen atoms in total. The number of nitrogens with one attached hydrogen (secondary N) is 1. The summed E-state index contributed by atoms with van der Waals surface area (Å²) in [5, 5.41) is 3.07. The smallest absolute Gasteiger partial charge is 0.255 e. The van der Waals surface area contributed by atoms with Gasteiger partial charge >= 0.3 is 0 Å². The molecule has 1 N–H and O–H groups in total. The number of carbonyl (C=O) groups is 1. The molecule has 0 saturated carbocycles. The number of rotatable bonds is 8. The maximum absolute atomic E-state index is 13.1. The summed E-state index contributed by atoms with van der Waals surface area (Å²) >= 11 is 0. The third kappa shape index (κ3) is 6.02. The maximum atomic E-state index is 13.1. The summed E-state index contributed by atoms with van der Waals surface area (Å²) < 4.78 is 24.3. The van der Waals surface area contributed by atoms with Crippen molar-refractivity contribution in [2.75, 3.05) is 32.8 Å². The van der Waals surface area contributed by atoms with Crippen LogP contribution in [0.25, 0.3) is 0 Å². The normalized spacial score (nSPS) is 15.9. The molecule has 0 aromatic heterocycles. The summed E-state index contributed by atoms with van der Waals surface area (Å²) in [6, 6.07) is 13.6. The van der Waals surface area contributed by atoms with E-state index in [1.165, 1.54) is 12.1 Å². The molecule has 0 aliphatic carbocycles. The molecule has 3 rings (SSSR count). The number of hydrogen-bond acceptors (Lipinski definition) is 4. The van der Waals surface area contributed by atoms with Gasteiger partial charge in [-0.15, -0.1) is 0 Å². The van der Waals surface area contributed by atoms with Crippen LogP contribution < -0.4 is 10.1 Å². The SMILES string of the molecule is CC(C)C(CNC(=O)c1ccccc1OCc1ccc(F)cc1)N1CCOCC1. The van der Waals surface area contributed by atoms with Gasteiger partial charge in [0.2, 0.25) is 0 Å². The second-order valence-electron chi connectivity index (χ2n) is 7.58. The van der Waals surface area contributed by atoms with Gasteiger partial charge < -0.3 is 14.8 Å². The molecule has 0 bridgehead atoms. The summed E-state index contributed by atoms with van der Waals surface area (Å²) in [6.07, 6.45) is 0. The van der Waals surface area contributed by atoms with Crippen molar-refractivity contribution >= 4 is 5.91 Å². The monoisotopic (exact) mass is 400 g/mol. The molecule has 6 heteroatoms. The van der Waals surface area contributed by atoms with Crippen LogP contribution in [0.3, 0.4) is 0 Å². The number of carbonyl (C=O) groups excluding carboxylic acids is 1. The predicted molar refractivity (Wildman–Crippen MR) is 111 cm³/mol. The van der Waals surface area contributed by atoms with E-state index in [0.29, 0.717) is 23.8 Å². The fourth-order valence-corrected chi connectivity index (χ4v) is 3.51. The van der Waals surface area contributed by atoms with Gasteiger partial charge in [-0.2, -0.15) is 0 Å². The van der Waals surface area contributed by atoms with Gasteiger partial charge in [0.05, 0.1) is 18.8 Å². The Morgan fingerprint density at radius 3 is 2.52 bits per heavy atom. The van der Waals surface area contributed by atoms with E-state index in [1.54, 1.807) is 24.3 Å². The first-order chi connectivity index (χ1) is 14.0. The average molecular weight is 400 g/mol. The van der Waals surface area contributed by atoms with Gasteiger partial charge in [0.25, 0.3) is 5.91 Å². The Kier molecular flexibility index (Phi) is 7.61. The van der Waals surface area contributed by atoms with Crippen molar-refractivity contribution in [3.8, 4) is 5.75 Å². The van der Waals surface area contributed by atoms with Gasteiger partial charge in [0.1, 0.15) is 18.2 Å². The predicted octanol–water partition coefficient (Wildman–Crippen LogP) is 3.49. The van der Waals surface area contributed by atoms with Crippen molar-refractivity contribution in [1.29, 1.82) is 0 Å². The van der Waals surface area contributed by atoms with Crippen molar-refractivity contribution in [2.24, 2.45) is 5.92 Å². The highest BCUT2D eigenvalue weighted by molar-refractivity contribution is 5.96. The van der Waals surface area contributed by atoms with E-state index in [4.69, 9.17) is 9.47 Å². The minimum Gasteiger partial charge on any atom is -0.488 e. The summed E-state index contributed by atoms with van der Waals surface area (Å²) in [7, 11) is 0. The molecule has 0 spiro atoms. The van der Waals surface area contributed by atoms with Crippen LogP contribution in [-0.4, -0.2) is 49.7 Å². The van der Waals surface area contributed by atoms with Crippen molar-refractivity contribution in [2.45, 2.75) is 26.5 Å². The number of para-hydroxylation sites is 1. The van der Waals surface area contributed by atoms with Crippen LogP contribution in [0, 0.1) is 11.7 Å². The van der Waals surface area contributed by atoms with Crippen LogP contribution in [0.2, 0.25) is 0 Å². The molecule has 156 valence electrons. The largest absolute Gasteiger partial charge is 0.488 e. The van der Waals surface area contributed by atoms with Crippen LogP contribution >= 0.6 is 0 Å². The zero-order valence-electron chi connectivity index (χ0n) is 17.1. The fourth-order valence-electron chi connectivity index (χ4n) is 3.51. The number of hydrogen-bond donors (Lipinski definition) is 1. The Bertz CT molecular complexity index is 789. The zero-order chi connectivity index (χ0) is 20.6. The Labute approximate surface area is 171 Å². The highest BCUT2D eigenvalue weighted by atomic mass is 19.1. The molecule has 1 aliphatic rings. The first-order valence-corrected chi connectivity index (χ1v) is 10.1. The van der Waals surface area contributed by atoms with Gasteiger partial charge in [0, 0.05) is 25.7 Å². The fraction of sp³-hybridized carbons (Fsp3) is 0.435. The Morgan fingerprint density at radius 1 is 1.14 bits per heavy atom. The van der Waals surface area contributed by atoms with E-state index in [0.717, 1.165) is 31.9 Å². The molecule has 1 atom stereocenters. The lowest BCUT2D eigenvalue weighted by Gasteiger charge is -2.36. The molecular formula is C23H29FN2O3. The van der Waals surface area contributed by atoms with Crippen LogP contribution in [0.15, 0.2) is 48.5 Å². The van der Waals surface area contributed by atoms with E-state index in [9.17, 15) is 9.18 Å². The molecule has 1 aliphatic heterocycles. The molecule has 1 saturated heterocycles. The molecule has 0 radical (unpaired) electrons. The summed E-state index contributed by atoms with van der Waals surface area (Å²) in [6.45, 7) is 8.43. The van der Waals surface area contributed by atoms with E-state index < -0.39 is 0 Å². The van der Waals surface area contributed by atoms with Crippen LogP contribution in [0.4, 0.5) is 4.39 Å². The highest BCUT2D eigenvalue weighted by Crippen LogP contribution is 2.20. The van der Waals surface area contributed by atoms with Crippen molar-refractivity contribution < 1.29 is 18.7 Å². The third-order valence-electron chi connectivity index (χ3n) is 5.20. The number of amides is 1. The summed E-state index contributed by atoms with van der Waals surface area (Å²) in [5.41, 5.74) is 1.34. The number of ether oxygens (including phenoxy) is 2. The number of nitrogens with zero attached hydrogens (tertiary/aromatic N) is 1. The number of morpholine rings is 1. The van der Waals surface area contributed by atoms with E-state index in [2.05, 4.69) is 24.1 Å². The van der Waals surface area contributed by atoms with E-state index in [-0.39, 0.29) is 24.4 Å². The maximum Gasteiger partial charge on any atom is 0.255 e. The minimum absolute atomic E-state index is 0.154. The Balaban J connectivity index is 1.61. The molecule has 1 heterocycles. The van der Waals surface area contributed by atoms with Gasteiger partial charge in [-0.25, -0.2) is 4.39 Å². The van der Waals surface area contributed by atoms with Crippen molar-refractivity contribution in [3.63, 3.8) is 0 Å². The quantitative estimate of drug-likeness (QED) is 0.737. The summed E-state index contributed by atoms with van der Waals surface area (Å²) in [5.74, 6) is 0.493. The molecule has 1 unspecified atom stereocenters. The van der Waals surface area contributed by atoms with Crippen LogP contribution in [0.5, 0.6) is 5.75 Å². The van der Waals surface area contributed by atoms with E-state index in [1.807, 2.05) is 12.1 Å². The molecule has 2 aromatic carbocycles. The van der Waals surface area contributed by atoms with Gasteiger partial charge in [-0.3, -0.25) is 9.69 Å². The number of halogens is 1. The molecule has 1 fully saturated rings. The topological polar surface area (TPSA) is 50.8 Å². The zero-order valence-corrected chi connectivity index (χ0v) is 17.1. The Hall–Kier alpha value is -2.44. The van der Waals surface area contributed by atoms with Crippen LogP contribution in [0.1, 0.15) is 29.8 Å². The van der Waals surface area contributed by atoms with Crippen LogP contribution in [-0.2, 0) is 11.3 Å². The second kappa shape index (κ2) is 10.4. The second-order valence-corrected chi connectivity index (χ2v) is 7.58. The first-order valence-electron chi connectivity index (χ1n) is 10.1. The first kappa shape index (κ1) is 21.3. The van der Waals surface area contributed by atoms with Gasteiger partial charge in [-0.1, -0.05) is 38.1 Å². The Morgan fingerprint density at radius 2 is 1.83 bits per heavy atom. The van der Waals surface area contributed by atoms with Crippen molar-refractivity contribution in [1.82, 2.24) is 10.2 Å². The molecular weight excluding hydrogens is 371 g/mol. The van der Waals surface area contributed by atoms with E-state index >= 15 is 0 Å². The van der Waals surface area contributed by atoms with Crippen molar-refractivity contribution in [3.05, 3.63) is 65.5 Å². The third-order valence-corrected chi connectivity index (χ3v) is 5.20. The van der Waals surface area contributed by atoms with Gasteiger partial charge in [-0.05, 0) is 35.7 Å². The lowest BCUT2D eigenvalue weighted by Crippen LogP contribution is -2.51. The number of benzene rings is 2. The minimum atomic E-state index is -0.284. The lowest BCUT2D eigenvalue weighted by molar-refractivity contribution is 0.00672. The van der Waals surface area contributed by atoms with Gasteiger partial charge in [0.15, 0.2) is 0 Å².